The van der Waals surface area contributed by atoms with Gasteiger partial charge in [0.1, 0.15) is 6.04 Å². The van der Waals surface area contributed by atoms with E-state index in [0.29, 0.717) is 6.42 Å². The molecule has 3 N–H and O–H groups in total. The normalized spacial score (nSPS) is 13.8. The zero-order valence-corrected chi connectivity index (χ0v) is 12.9. The molecule has 0 saturated carbocycles. The molecule has 0 aliphatic rings. The van der Waals surface area contributed by atoms with E-state index in [1.165, 1.54) is 4.88 Å². The quantitative estimate of drug-likeness (QED) is 0.723. The van der Waals surface area contributed by atoms with Crippen molar-refractivity contribution in [3.8, 4) is 0 Å². The van der Waals surface area contributed by atoms with Crippen LogP contribution < -0.4 is 10.6 Å². The second-order valence-electron chi connectivity index (χ2n) is 5.32. The van der Waals surface area contributed by atoms with Crippen molar-refractivity contribution >= 4 is 23.3 Å². The van der Waals surface area contributed by atoms with Gasteiger partial charge in [0.2, 0.25) is 0 Å². The number of hydrogen-bond donors (Lipinski definition) is 3. The predicted molar refractivity (Wildman–Crippen MR) is 80.0 cm³/mol. The van der Waals surface area contributed by atoms with Crippen molar-refractivity contribution < 1.29 is 14.7 Å². The van der Waals surface area contributed by atoms with Gasteiger partial charge in [-0.2, -0.15) is 0 Å². The van der Waals surface area contributed by atoms with Crippen LogP contribution in [0.1, 0.15) is 32.1 Å². The smallest absolute Gasteiger partial charge is 0.326 e. The van der Waals surface area contributed by atoms with Crippen LogP contribution in [0.15, 0.2) is 17.5 Å². The van der Waals surface area contributed by atoms with Gasteiger partial charge in [-0.1, -0.05) is 19.9 Å². The molecule has 0 bridgehead atoms. The number of carbonyl (C=O) groups is 2. The Morgan fingerprint density at radius 1 is 1.30 bits per heavy atom. The molecule has 5 nitrogen and oxygen atoms in total. The van der Waals surface area contributed by atoms with Crippen LogP contribution in [-0.2, 0) is 11.2 Å². The summed E-state index contributed by atoms with van der Waals surface area (Å²) in [6.45, 7) is 5.75. The van der Waals surface area contributed by atoms with E-state index in [4.69, 9.17) is 5.11 Å². The Balaban J connectivity index is 2.42. The molecule has 1 aromatic rings. The van der Waals surface area contributed by atoms with Gasteiger partial charge in [0, 0.05) is 17.3 Å². The van der Waals surface area contributed by atoms with E-state index in [1.54, 1.807) is 11.3 Å². The van der Waals surface area contributed by atoms with E-state index < -0.39 is 18.0 Å². The van der Waals surface area contributed by atoms with Crippen molar-refractivity contribution in [1.29, 1.82) is 0 Å². The van der Waals surface area contributed by atoms with Gasteiger partial charge in [0.25, 0.3) is 0 Å². The number of carbonyl (C=O) groups excluding carboxylic acids is 1. The molecule has 0 fully saturated rings. The minimum Gasteiger partial charge on any atom is -0.480 e. The SMILES string of the molecule is CC(C)C[C@@H](NC(=O)NC(C)Cc1cccs1)C(=O)O. The molecule has 2 atom stereocenters. The van der Waals surface area contributed by atoms with E-state index in [-0.39, 0.29) is 12.0 Å². The third-order valence-electron chi connectivity index (χ3n) is 2.78. The maximum absolute atomic E-state index is 11.8. The van der Waals surface area contributed by atoms with Crippen LogP contribution in [-0.4, -0.2) is 29.2 Å². The Morgan fingerprint density at radius 3 is 2.50 bits per heavy atom. The summed E-state index contributed by atoms with van der Waals surface area (Å²) in [6, 6.07) is 2.67. The molecule has 1 unspecified atom stereocenters. The first-order valence-electron chi connectivity index (χ1n) is 6.70. The molecular weight excluding hydrogens is 276 g/mol. The maximum Gasteiger partial charge on any atom is 0.326 e. The first-order valence-corrected chi connectivity index (χ1v) is 7.58. The zero-order valence-electron chi connectivity index (χ0n) is 12.1. The third-order valence-corrected chi connectivity index (χ3v) is 3.67. The van der Waals surface area contributed by atoms with E-state index in [9.17, 15) is 9.59 Å². The Kier molecular flexibility index (Phi) is 6.51. The molecule has 1 rings (SSSR count). The van der Waals surface area contributed by atoms with E-state index >= 15 is 0 Å². The number of carboxylic acid groups (broad SMARTS) is 1. The molecule has 0 aliphatic carbocycles. The summed E-state index contributed by atoms with van der Waals surface area (Å²) in [6.07, 6.45) is 1.16. The summed E-state index contributed by atoms with van der Waals surface area (Å²) < 4.78 is 0. The Morgan fingerprint density at radius 2 is 2.00 bits per heavy atom. The Labute approximate surface area is 123 Å². The van der Waals surface area contributed by atoms with Gasteiger partial charge in [-0.25, -0.2) is 9.59 Å². The van der Waals surface area contributed by atoms with Crippen molar-refractivity contribution in [2.75, 3.05) is 0 Å². The minimum atomic E-state index is -1.00. The van der Waals surface area contributed by atoms with Crippen molar-refractivity contribution in [2.45, 2.75) is 45.7 Å². The van der Waals surface area contributed by atoms with E-state index in [1.807, 2.05) is 38.3 Å². The van der Waals surface area contributed by atoms with Crippen LogP contribution >= 0.6 is 11.3 Å². The molecule has 1 heterocycles. The minimum absolute atomic E-state index is 0.0397. The average molecular weight is 298 g/mol. The summed E-state index contributed by atoms with van der Waals surface area (Å²) in [5.41, 5.74) is 0. The van der Waals surface area contributed by atoms with Crippen LogP contribution in [0.4, 0.5) is 4.79 Å². The van der Waals surface area contributed by atoms with E-state index in [2.05, 4.69) is 10.6 Å². The highest BCUT2D eigenvalue weighted by Crippen LogP contribution is 2.11. The summed E-state index contributed by atoms with van der Waals surface area (Å²) in [4.78, 5) is 24.1. The molecule has 0 aliphatic heterocycles. The Hall–Kier alpha value is -1.56. The lowest BCUT2D eigenvalue weighted by Gasteiger charge is -2.19. The number of amides is 2. The summed E-state index contributed by atoms with van der Waals surface area (Å²) in [5.74, 6) is -0.792. The molecule has 112 valence electrons. The second kappa shape index (κ2) is 7.89. The number of thiophene rings is 1. The number of aliphatic carboxylic acids is 1. The van der Waals surface area contributed by atoms with Crippen molar-refractivity contribution in [1.82, 2.24) is 10.6 Å². The van der Waals surface area contributed by atoms with E-state index in [0.717, 1.165) is 6.42 Å². The molecule has 6 heteroatoms. The van der Waals surface area contributed by atoms with Crippen LogP contribution in [0, 0.1) is 5.92 Å². The first kappa shape index (κ1) is 16.5. The lowest BCUT2D eigenvalue weighted by Crippen LogP contribution is -2.49. The fraction of sp³-hybridized carbons (Fsp3) is 0.571. The van der Waals surface area contributed by atoms with Crippen molar-refractivity contribution in [2.24, 2.45) is 5.92 Å². The highest BCUT2D eigenvalue weighted by molar-refractivity contribution is 7.09. The molecule has 2 amide bonds. The number of nitrogens with one attached hydrogen (secondary N) is 2. The molecular formula is C14H22N2O3S. The monoisotopic (exact) mass is 298 g/mol. The standard InChI is InChI=1S/C14H22N2O3S/c1-9(2)7-12(13(17)18)16-14(19)15-10(3)8-11-5-4-6-20-11/h4-6,9-10,12H,7-8H2,1-3H3,(H,17,18)(H2,15,16,19)/t10?,12-/m1/s1. The van der Waals surface area contributed by atoms with Crippen LogP contribution in [0.5, 0.6) is 0 Å². The lowest BCUT2D eigenvalue weighted by atomic mass is 10.0. The zero-order chi connectivity index (χ0) is 15.1. The highest BCUT2D eigenvalue weighted by Gasteiger charge is 2.21. The summed E-state index contributed by atoms with van der Waals surface area (Å²) >= 11 is 1.64. The number of hydrogen-bond acceptors (Lipinski definition) is 3. The van der Waals surface area contributed by atoms with Gasteiger partial charge in [-0.3, -0.25) is 0 Å². The van der Waals surface area contributed by atoms with Gasteiger partial charge in [0.15, 0.2) is 0 Å². The molecule has 0 saturated heterocycles. The highest BCUT2D eigenvalue weighted by atomic mass is 32.1. The maximum atomic E-state index is 11.8. The van der Waals surface area contributed by atoms with Gasteiger partial charge >= 0.3 is 12.0 Å². The van der Waals surface area contributed by atoms with Crippen LogP contribution in [0.25, 0.3) is 0 Å². The molecule has 1 aromatic heterocycles. The fourth-order valence-corrected chi connectivity index (χ4v) is 2.73. The predicted octanol–water partition coefficient (Wildman–Crippen LogP) is 2.48. The topological polar surface area (TPSA) is 78.4 Å². The molecule has 0 spiro atoms. The second-order valence-corrected chi connectivity index (χ2v) is 6.35. The molecule has 0 aromatic carbocycles. The van der Waals surface area contributed by atoms with Crippen molar-refractivity contribution in [3.63, 3.8) is 0 Å². The average Bonchev–Trinajstić information content (AvgIpc) is 2.79. The fourth-order valence-electron chi connectivity index (χ4n) is 1.90. The largest absolute Gasteiger partial charge is 0.480 e. The molecule has 20 heavy (non-hydrogen) atoms. The summed E-state index contributed by atoms with van der Waals surface area (Å²) in [7, 11) is 0. The van der Waals surface area contributed by atoms with Gasteiger partial charge in [-0.15, -0.1) is 11.3 Å². The number of carboxylic acids is 1. The van der Waals surface area contributed by atoms with Crippen molar-refractivity contribution in [3.05, 3.63) is 22.4 Å². The third kappa shape index (κ3) is 6.06. The van der Waals surface area contributed by atoms with Gasteiger partial charge < -0.3 is 15.7 Å². The lowest BCUT2D eigenvalue weighted by molar-refractivity contribution is -0.139. The van der Waals surface area contributed by atoms with Crippen LogP contribution in [0.3, 0.4) is 0 Å². The van der Waals surface area contributed by atoms with Crippen LogP contribution in [0.2, 0.25) is 0 Å². The number of rotatable bonds is 7. The molecule has 0 radical (unpaired) electrons. The summed E-state index contributed by atoms with van der Waals surface area (Å²) in [5, 5.41) is 16.3. The van der Waals surface area contributed by atoms with Gasteiger partial charge in [-0.05, 0) is 30.7 Å². The first-order chi connectivity index (χ1) is 9.38. The Bertz CT molecular complexity index is 432. The van der Waals surface area contributed by atoms with Gasteiger partial charge in [0.05, 0.1) is 0 Å². The number of urea groups is 1.